The molecule has 3 heteroatoms. The van der Waals surface area contributed by atoms with Crippen LogP contribution in [-0.4, -0.2) is 17.9 Å². The first kappa shape index (κ1) is 14.3. The highest BCUT2D eigenvalue weighted by atomic mass is 16.1. The third-order valence-electron chi connectivity index (χ3n) is 3.09. The molecule has 0 radical (unpaired) electrons. The lowest BCUT2D eigenvalue weighted by Crippen LogP contribution is -2.16. The molecule has 1 aliphatic carbocycles. The maximum absolute atomic E-state index is 11.8. The first-order valence-electron chi connectivity index (χ1n) is 6.06. The van der Waals surface area contributed by atoms with Crippen molar-refractivity contribution in [1.82, 2.24) is 0 Å². The minimum Gasteiger partial charge on any atom is -0.298 e. The number of carbonyl (C=O) groups is 3. The van der Waals surface area contributed by atoms with Gasteiger partial charge in [0.2, 0.25) is 0 Å². The van der Waals surface area contributed by atoms with Crippen LogP contribution in [0.4, 0.5) is 0 Å². The van der Waals surface area contributed by atoms with Crippen LogP contribution >= 0.6 is 0 Å². The molecule has 1 rings (SSSR count). The largest absolute Gasteiger partial charge is 0.298 e. The number of rotatable bonds is 5. The Kier molecular flexibility index (Phi) is 4.95. The van der Waals surface area contributed by atoms with E-state index in [0.717, 1.165) is 19.1 Å². The molecule has 3 nitrogen and oxygen atoms in total. The maximum Gasteiger partial charge on any atom is 0.182 e. The average Bonchev–Trinajstić information content (AvgIpc) is 2.33. The van der Waals surface area contributed by atoms with Gasteiger partial charge in [0.05, 0.1) is 0 Å². The highest BCUT2D eigenvalue weighted by molar-refractivity contribution is 6.19. The summed E-state index contributed by atoms with van der Waals surface area (Å²) in [5, 5.41) is 0. The summed E-state index contributed by atoms with van der Waals surface area (Å²) in [6.45, 7) is 5.32. The Morgan fingerprint density at radius 2 is 1.94 bits per heavy atom. The molecule has 0 heterocycles. The lowest BCUT2D eigenvalue weighted by molar-refractivity contribution is -0.115. The van der Waals surface area contributed by atoms with Crippen LogP contribution in [0, 0.1) is 5.92 Å². The Morgan fingerprint density at radius 1 is 1.28 bits per heavy atom. The van der Waals surface area contributed by atoms with Crippen molar-refractivity contribution in [3.05, 3.63) is 34.9 Å². The Labute approximate surface area is 107 Å². The van der Waals surface area contributed by atoms with Crippen LogP contribution in [0.2, 0.25) is 0 Å². The molecule has 0 amide bonds. The minimum absolute atomic E-state index is 0.0292. The van der Waals surface area contributed by atoms with Crippen LogP contribution in [0.15, 0.2) is 34.9 Å². The number of hydrogen-bond donors (Lipinski definition) is 0. The number of carbonyl (C=O) groups excluding carboxylic acids is 3. The zero-order valence-electron chi connectivity index (χ0n) is 11.0. The Hall–Kier alpha value is -1.77. The van der Waals surface area contributed by atoms with E-state index in [1.165, 1.54) is 12.2 Å². The highest BCUT2D eigenvalue weighted by Gasteiger charge is 2.21. The molecule has 0 saturated heterocycles. The van der Waals surface area contributed by atoms with Crippen LogP contribution in [0.5, 0.6) is 0 Å². The molecule has 0 bridgehead atoms. The summed E-state index contributed by atoms with van der Waals surface area (Å²) in [6.07, 6.45) is 6.99. The predicted molar refractivity (Wildman–Crippen MR) is 70.1 cm³/mol. The van der Waals surface area contributed by atoms with Crippen molar-refractivity contribution in [3.8, 4) is 0 Å². The van der Waals surface area contributed by atoms with Gasteiger partial charge < -0.3 is 0 Å². The zero-order chi connectivity index (χ0) is 13.7. The molecule has 0 spiro atoms. The van der Waals surface area contributed by atoms with Crippen molar-refractivity contribution in [2.75, 3.05) is 0 Å². The second-order valence-electron chi connectivity index (χ2n) is 4.70. The van der Waals surface area contributed by atoms with E-state index >= 15 is 0 Å². The topological polar surface area (TPSA) is 51.2 Å². The monoisotopic (exact) mass is 246 g/mol. The molecule has 0 saturated carbocycles. The van der Waals surface area contributed by atoms with E-state index < -0.39 is 0 Å². The van der Waals surface area contributed by atoms with Crippen molar-refractivity contribution in [1.29, 1.82) is 0 Å². The molecule has 0 fully saturated rings. The summed E-state index contributed by atoms with van der Waals surface area (Å²) in [4.78, 5) is 33.7. The van der Waals surface area contributed by atoms with E-state index in [-0.39, 0.29) is 17.5 Å². The van der Waals surface area contributed by atoms with Gasteiger partial charge in [-0.2, -0.15) is 0 Å². The molecule has 1 aliphatic rings. The molecule has 1 atom stereocenters. The van der Waals surface area contributed by atoms with E-state index in [4.69, 9.17) is 0 Å². The van der Waals surface area contributed by atoms with Gasteiger partial charge in [0.1, 0.15) is 6.29 Å². The van der Waals surface area contributed by atoms with Crippen molar-refractivity contribution in [3.63, 3.8) is 0 Å². The van der Waals surface area contributed by atoms with Gasteiger partial charge in [0, 0.05) is 11.1 Å². The van der Waals surface area contributed by atoms with Gasteiger partial charge in [0.15, 0.2) is 11.6 Å². The Morgan fingerprint density at radius 3 is 2.56 bits per heavy atom. The zero-order valence-corrected chi connectivity index (χ0v) is 11.0. The van der Waals surface area contributed by atoms with Gasteiger partial charge in [-0.3, -0.25) is 14.4 Å². The first-order chi connectivity index (χ1) is 8.45. The third kappa shape index (κ3) is 3.62. The van der Waals surface area contributed by atoms with Gasteiger partial charge in [-0.15, -0.1) is 0 Å². The molecule has 0 aliphatic heterocycles. The molecule has 0 aromatic heterocycles. The molecular formula is C15H18O3. The van der Waals surface area contributed by atoms with Crippen molar-refractivity contribution < 1.29 is 14.4 Å². The quantitative estimate of drug-likeness (QED) is 0.425. The van der Waals surface area contributed by atoms with E-state index in [0.29, 0.717) is 16.7 Å². The van der Waals surface area contributed by atoms with Crippen LogP contribution < -0.4 is 0 Å². The smallest absolute Gasteiger partial charge is 0.182 e. The normalized spacial score (nSPS) is 18.3. The highest BCUT2D eigenvalue weighted by Crippen LogP contribution is 2.22. The van der Waals surface area contributed by atoms with Crippen molar-refractivity contribution >= 4 is 17.9 Å². The minimum atomic E-state index is -0.0870. The number of allylic oxidation sites excluding steroid dienone is 6. The second-order valence-corrected chi connectivity index (χ2v) is 4.70. The number of hydrogen-bond acceptors (Lipinski definition) is 3. The third-order valence-corrected chi connectivity index (χ3v) is 3.09. The average molecular weight is 246 g/mol. The van der Waals surface area contributed by atoms with Gasteiger partial charge in [-0.05, 0) is 50.3 Å². The van der Waals surface area contributed by atoms with Crippen molar-refractivity contribution in [2.45, 2.75) is 33.6 Å². The summed E-state index contributed by atoms with van der Waals surface area (Å²) in [7, 11) is 0. The van der Waals surface area contributed by atoms with E-state index in [1.54, 1.807) is 13.8 Å². The lowest BCUT2D eigenvalue weighted by Gasteiger charge is -2.16. The second kappa shape index (κ2) is 6.24. The van der Waals surface area contributed by atoms with Crippen LogP contribution in [0.25, 0.3) is 0 Å². The maximum atomic E-state index is 11.8. The van der Waals surface area contributed by atoms with Gasteiger partial charge in [0.25, 0.3) is 0 Å². The molecule has 0 aromatic carbocycles. The summed E-state index contributed by atoms with van der Waals surface area (Å²) in [6, 6.07) is 0. The van der Waals surface area contributed by atoms with Gasteiger partial charge in [-0.1, -0.05) is 13.0 Å². The first-order valence-corrected chi connectivity index (χ1v) is 6.06. The van der Waals surface area contributed by atoms with Crippen LogP contribution in [-0.2, 0) is 14.4 Å². The molecular weight excluding hydrogens is 228 g/mol. The van der Waals surface area contributed by atoms with E-state index in [9.17, 15) is 14.4 Å². The Balaban J connectivity index is 2.66. The number of ketones is 2. The summed E-state index contributed by atoms with van der Waals surface area (Å²) in [5.74, 6) is -0.131. The summed E-state index contributed by atoms with van der Waals surface area (Å²) in [5.41, 5.74) is 1.76. The predicted octanol–water partition coefficient (Wildman–Crippen LogP) is 2.57. The van der Waals surface area contributed by atoms with E-state index in [1.807, 2.05) is 13.0 Å². The SMILES string of the molecule is CC1=CC(=O)C([C@@H](C)CC/C=C(\C)C=O)=CC1=O. The summed E-state index contributed by atoms with van der Waals surface area (Å²) >= 11 is 0. The van der Waals surface area contributed by atoms with Crippen molar-refractivity contribution in [2.24, 2.45) is 5.92 Å². The molecule has 0 N–H and O–H groups in total. The fraction of sp³-hybridized carbons (Fsp3) is 0.400. The van der Waals surface area contributed by atoms with Gasteiger partial charge in [-0.25, -0.2) is 0 Å². The molecule has 0 unspecified atom stereocenters. The molecule has 0 aromatic rings. The fourth-order valence-corrected chi connectivity index (χ4v) is 1.83. The van der Waals surface area contributed by atoms with Crippen LogP contribution in [0.1, 0.15) is 33.6 Å². The number of aldehydes is 1. The molecule has 96 valence electrons. The molecule has 18 heavy (non-hydrogen) atoms. The Bertz CT molecular complexity index is 464. The summed E-state index contributed by atoms with van der Waals surface area (Å²) < 4.78 is 0. The van der Waals surface area contributed by atoms with Crippen LogP contribution in [0.3, 0.4) is 0 Å². The van der Waals surface area contributed by atoms with E-state index in [2.05, 4.69) is 0 Å². The fourth-order valence-electron chi connectivity index (χ4n) is 1.83. The van der Waals surface area contributed by atoms with Gasteiger partial charge >= 0.3 is 0 Å². The lowest BCUT2D eigenvalue weighted by atomic mass is 9.87. The standard InChI is InChI=1S/C15H18O3/c1-10(9-16)5-4-6-11(2)13-8-14(17)12(3)7-15(13)18/h5,7-9,11H,4,6H2,1-3H3/b10-5+/t11-/m0/s1.